The molecule has 0 aliphatic carbocycles. The fraction of sp³-hybridized carbons (Fsp3) is 0.333. The van der Waals surface area contributed by atoms with Crippen LogP contribution in [0.1, 0.15) is 19.6 Å². The molecule has 120 valence electrons. The molecule has 0 atom stereocenters. The van der Waals surface area contributed by atoms with Crippen molar-refractivity contribution in [3.8, 4) is 0 Å². The van der Waals surface area contributed by atoms with E-state index in [9.17, 15) is 0 Å². The first-order valence-corrected chi connectivity index (χ1v) is 8.11. The summed E-state index contributed by atoms with van der Waals surface area (Å²) in [7, 11) is 0. The molecule has 0 amide bonds. The van der Waals surface area contributed by atoms with E-state index in [1.807, 2.05) is 13.8 Å². The van der Waals surface area contributed by atoms with Gasteiger partial charge < -0.3 is 15.1 Å². The highest BCUT2D eigenvalue weighted by Crippen LogP contribution is 2.14. The number of rotatable bonds is 6. The maximum atomic E-state index is 5.46. The molecule has 0 aliphatic heterocycles. The Hall–Kier alpha value is -1.52. The molecule has 0 unspecified atom stereocenters. The van der Waals surface area contributed by atoms with E-state index in [4.69, 9.17) is 28.9 Å². The van der Waals surface area contributed by atoms with Crippen molar-refractivity contribution in [2.75, 3.05) is 13.1 Å². The number of halogens is 1. The van der Waals surface area contributed by atoms with Gasteiger partial charge in [-0.05, 0) is 66.3 Å². The van der Waals surface area contributed by atoms with Crippen molar-refractivity contribution in [2.24, 2.45) is 10.2 Å². The number of hydrogen-bond donors (Lipinski definition) is 4. The molecule has 1 aromatic rings. The molecular formula is C12H17BrN6OS2. The SMILES string of the molecule is CCNC(=S)N/N=C(/C=N/NC(=S)NCC)c1ccc(Br)o1. The van der Waals surface area contributed by atoms with E-state index in [-0.39, 0.29) is 0 Å². The van der Waals surface area contributed by atoms with Crippen molar-refractivity contribution in [2.45, 2.75) is 13.8 Å². The van der Waals surface area contributed by atoms with E-state index in [2.05, 4.69) is 47.6 Å². The van der Waals surface area contributed by atoms with Crippen LogP contribution in [0.3, 0.4) is 0 Å². The second kappa shape index (κ2) is 10.2. The number of hydrazone groups is 2. The molecule has 7 nitrogen and oxygen atoms in total. The van der Waals surface area contributed by atoms with Crippen LogP contribution >= 0.6 is 40.4 Å². The van der Waals surface area contributed by atoms with Crippen molar-refractivity contribution >= 4 is 62.5 Å². The third-order valence-electron chi connectivity index (χ3n) is 2.13. The molecule has 0 fully saturated rings. The van der Waals surface area contributed by atoms with E-state index in [0.29, 0.717) is 39.5 Å². The van der Waals surface area contributed by atoms with Crippen LogP contribution in [0, 0.1) is 0 Å². The third kappa shape index (κ3) is 6.96. The summed E-state index contributed by atoms with van der Waals surface area (Å²) in [5.74, 6) is 0.526. The zero-order chi connectivity index (χ0) is 16.4. The Morgan fingerprint density at radius 3 is 2.36 bits per heavy atom. The predicted molar refractivity (Wildman–Crippen MR) is 100 cm³/mol. The average Bonchev–Trinajstić information content (AvgIpc) is 2.89. The van der Waals surface area contributed by atoms with Gasteiger partial charge in [-0.2, -0.15) is 10.2 Å². The Morgan fingerprint density at radius 1 is 1.18 bits per heavy atom. The van der Waals surface area contributed by atoms with Crippen molar-refractivity contribution < 1.29 is 4.42 Å². The predicted octanol–water partition coefficient (Wildman–Crippen LogP) is 1.70. The summed E-state index contributed by atoms with van der Waals surface area (Å²) in [6.07, 6.45) is 1.48. The maximum absolute atomic E-state index is 5.46. The summed E-state index contributed by atoms with van der Waals surface area (Å²) >= 11 is 13.3. The molecule has 0 aromatic carbocycles. The van der Waals surface area contributed by atoms with Gasteiger partial charge in [0.2, 0.25) is 0 Å². The van der Waals surface area contributed by atoms with E-state index >= 15 is 0 Å². The summed E-state index contributed by atoms with van der Waals surface area (Å²) in [5.41, 5.74) is 5.86. The first-order chi connectivity index (χ1) is 10.6. The first-order valence-electron chi connectivity index (χ1n) is 6.51. The Kier molecular flexibility index (Phi) is 8.63. The van der Waals surface area contributed by atoms with E-state index in [0.717, 1.165) is 0 Å². The van der Waals surface area contributed by atoms with Crippen LogP contribution in [0.4, 0.5) is 0 Å². The second-order valence-corrected chi connectivity index (χ2v) is 5.40. The van der Waals surface area contributed by atoms with Crippen LogP contribution in [-0.4, -0.2) is 35.2 Å². The van der Waals surface area contributed by atoms with Crippen molar-refractivity contribution in [1.29, 1.82) is 0 Å². The summed E-state index contributed by atoms with van der Waals surface area (Å²) < 4.78 is 6.05. The van der Waals surface area contributed by atoms with E-state index < -0.39 is 0 Å². The zero-order valence-corrected chi connectivity index (χ0v) is 15.4. The lowest BCUT2D eigenvalue weighted by Gasteiger charge is -2.05. The molecule has 0 spiro atoms. The third-order valence-corrected chi connectivity index (χ3v) is 3.03. The summed E-state index contributed by atoms with van der Waals surface area (Å²) in [6, 6.07) is 3.52. The van der Waals surface area contributed by atoms with Gasteiger partial charge in [0.25, 0.3) is 0 Å². The van der Waals surface area contributed by atoms with Crippen LogP contribution in [-0.2, 0) is 0 Å². The van der Waals surface area contributed by atoms with Gasteiger partial charge in [0.05, 0.1) is 6.21 Å². The number of nitrogens with zero attached hydrogens (tertiary/aromatic N) is 2. The maximum Gasteiger partial charge on any atom is 0.186 e. The molecule has 0 saturated carbocycles. The first kappa shape index (κ1) is 18.5. The van der Waals surface area contributed by atoms with E-state index in [1.165, 1.54) is 6.21 Å². The van der Waals surface area contributed by atoms with Gasteiger partial charge in [-0.15, -0.1) is 0 Å². The summed E-state index contributed by atoms with van der Waals surface area (Å²) in [5, 5.41) is 14.9. The van der Waals surface area contributed by atoms with Crippen molar-refractivity contribution in [3.05, 3.63) is 22.6 Å². The molecule has 0 saturated heterocycles. The molecule has 10 heteroatoms. The summed E-state index contributed by atoms with van der Waals surface area (Å²) in [4.78, 5) is 0. The Balaban J connectivity index is 2.78. The fourth-order valence-electron chi connectivity index (χ4n) is 1.26. The van der Waals surface area contributed by atoms with E-state index in [1.54, 1.807) is 12.1 Å². The molecule has 22 heavy (non-hydrogen) atoms. The minimum absolute atomic E-state index is 0.412. The topological polar surface area (TPSA) is 86.0 Å². The van der Waals surface area contributed by atoms with Gasteiger partial charge in [0.1, 0.15) is 5.71 Å². The van der Waals surface area contributed by atoms with Gasteiger partial charge in [-0.3, -0.25) is 10.9 Å². The highest BCUT2D eigenvalue weighted by atomic mass is 79.9. The number of thiocarbonyl (C=S) groups is 2. The van der Waals surface area contributed by atoms with Crippen LogP contribution in [0.2, 0.25) is 0 Å². The summed E-state index contributed by atoms with van der Waals surface area (Å²) in [6.45, 7) is 5.30. The monoisotopic (exact) mass is 404 g/mol. The smallest absolute Gasteiger partial charge is 0.186 e. The largest absolute Gasteiger partial charge is 0.448 e. The molecule has 0 radical (unpaired) electrons. The Labute approximate surface area is 148 Å². The van der Waals surface area contributed by atoms with Gasteiger partial charge in [0.15, 0.2) is 20.7 Å². The lowest BCUT2D eigenvalue weighted by molar-refractivity contribution is 0.533. The molecule has 1 rings (SSSR count). The second-order valence-electron chi connectivity index (χ2n) is 3.80. The Bertz CT molecular complexity index is 572. The minimum atomic E-state index is 0.412. The van der Waals surface area contributed by atoms with Gasteiger partial charge >= 0.3 is 0 Å². The van der Waals surface area contributed by atoms with Gasteiger partial charge in [-0.25, -0.2) is 0 Å². The van der Waals surface area contributed by atoms with Crippen LogP contribution < -0.4 is 21.5 Å². The molecule has 1 heterocycles. The lowest BCUT2D eigenvalue weighted by atomic mass is 10.3. The minimum Gasteiger partial charge on any atom is -0.448 e. The van der Waals surface area contributed by atoms with Crippen LogP contribution in [0.15, 0.2) is 31.4 Å². The highest BCUT2D eigenvalue weighted by Gasteiger charge is 2.07. The van der Waals surface area contributed by atoms with Gasteiger partial charge in [0, 0.05) is 13.1 Å². The van der Waals surface area contributed by atoms with Crippen LogP contribution in [0.5, 0.6) is 0 Å². The quantitative estimate of drug-likeness (QED) is 0.326. The number of hydrogen-bond acceptors (Lipinski definition) is 5. The molecule has 4 N–H and O–H groups in total. The molecule has 0 bridgehead atoms. The number of nitrogens with one attached hydrogen (secondary N) is 4. The average molecular weight is 405 g/mol. The van der Waals surface area contributed by atoms with Crippen molar-refractivity contribution in [3.63, 3.8) is 0 Å². The standard InChI is InChI=1S/C12H17BrN6OS2/c1-3-14-11(21)18-16-7-8(9-5-6-10(13)20-9)17-19-12(22)15-4-2/h5-7H,3-4H2,1-2H3,(H2,14,18,21)(H2,15,19,22)/b16-7+,17-8-. The van der Waals surface area contributed by atoms with Crippen molar-refractivity contribution in [1.82, 2.24) is 21.5 Å². The lowest BCUT2D eigenvalue weighted by Crippen LogP contribution is -2.33. The molecule has 0 aliphatic rings. The highest BCUT2D eigenvalue weighted by molar-refractivity contribution is 9.10. The molecular weight excluding hydrogens is 388 g/mol. The fourth-order valence-corrected chi connectivity index (χ4v) is 1.96. The molecule has 1 aromatic heterocycles. The van der Waals surface area contributed by atoms with Crippen LogP contribution in [0.25, 0.3) is 0 Å². The zero-order valence-electron chi connectivity index (χ0n) is 12.1. The van der Waals surface area contributed by atoms with Gasteiger partial charge in [-0.1, -0.05) is 0 Å². The Morgan fingerprint density at radius 2 is 1.82 bits per heavy atom. The number of furan rings is 1. The normalized spacial score (nSPS) is 11.3.